The smallest absolute Gasteiger partial charge is 0.179 e. The van der Waals surface area contributed by atoms with Crippen LogP contribution in [0.4, 0.5) is 0 Å². The normalized spacial score (nSPS) is 12.9. The van der Waals surface area contributed by atoms with Gasteiger partial charge in [-0.25, -0.2) is 0 Å². The van der Waals surface area contributed by atoms with Crippen LogP contribution in [0.1, 0.15) is 46.5 Å². The van der Waals surface area contributed by atoms with Crippen LogP contribution in [-0.2, 0) is 9.47 Å². The molecule has 0 atom stereocenters. The zero-order valence-corrected chi connectivity index (χ0v) is 13.6. The van der Waals surface area contributed by atoms with E-state index >= 15 is 0 Å². The number of hydrogen-bond donors (Lipinski definition) is 1. The lowest BCUT2D eigenvalue weighted by molar-refractivity contribution is -0.0769. The fourth-order valence-corrected chi connectivity index (χ4v) is 2.01. The van der Waals surface area contributed by atoms with Crippen molar-refractivity contribution in [3.63, 3.8) is 0 Å². The van der Waals surface area contributed by atoms with Gasteiger partial charge < -0.3 is 14.6 Å². The van der Waals surface area contributed by atoms with Gasteiger partial charge >= 0.3 is 0 Å². The minimum absolute atomic E-state index is 0.0157. The second-order valence-corrected chi connectivity index (χ2v) is 5.17. The van der Waals surface area contributed by atoms with Crippen molar-refractivity contribution in [2.75, 3.05) is 20.8 Å². The minimum Gasteiger partial charge on any atom is -0.392 e. The molecular weight excluding hydrogens is 252 g/mol. The van der Waals surface area contributed by atoms with Gasteiger partial charge in [0.25, 0.3) is 0 Å². The first-order valence-electron chi connectivity index (χ1n) is 7.19. The number of aliphatic hydroxyl groups is 1. The van der Waals surface area contributed by atoms with Crippen LogP contribution in [0.5, 0.6) is 0 Å². The maximum atomic E-state index is 9.04. The van der Waals surface area contributed by atoms with Crippen molar-refractivity contribution in [1.82, 2.24) is 0 Å². The molecule has 0 aromatic heterocycles. The summed E-state index contributed by atoms with van der Waals surface area (Å²) in [5.74, 6) is 0. The molecule has 3 heteroatoms. The number of hydrogen-bond acceptors (Lipinski definition) is 3. The van der Waals surface area contributed by atoms with Crippen LogP contribution >= 0.6 is 0 Å². The van der Waals surface area contributed by atoms with Gasteiger partial charge in [-0.05, 0) is 52.0 Å². The van der Waals surface area contributed by atoms with Crippen molar-refractivity contribution >= 4 is 0 Å². The van der Waals surface area contributed by atoms with Gasteiger partial charge in [0.2, 0.25) is 0 Å². The van der Waals surface area contributed by atoms with E-state index in [1.165, 1.54) is 11.1 Å². The largest absolute Gasteiger partial charge is 0.392 e. The monoisotopic (exact) mass is 282 g/mol. The molecule has 1 N–H and O–H groups in total. The summed E-state index contributed by atoms with van der Waals surface area (Å²) in [6.45, 7) is 6.43. The van der Waals surface area contributed by atoms with Crippen LogP contribution < -0.4 is 0 Å². The number of rotatable bonds is 10. The Kier molecular flexibility index (Phi) is 11.4. The Bertz CT molecular complexity index is 332. The molecule has 3 nitrogen and oxygen atoms in total. The van der Waals surface area contributed by atoms with E-state index in [0.29, 0.717) is 0 Å². The topological polar surface area (TPSA) is 38.7 Å². The van der Waals surface area contributed by atoms with E-state index in [9.17, 15) is 0 Å². The first-order chi connectivity index (χ1) is 9.54. The van der Waals surface area contributed by atoms with E-state index in [1.54, 1.807) is 20.3 Å². The van der Waals surface area contributed by atoms with Crippen LogP contribution in [0.15, 0.2) is 34.9 Å². The lowest BCUT2D eigenvalue weighted by Gasteiger charge is -2.17. The molecule has 0 bridgehead atoms. The van der Waals surface area contributed by atoms with Crippen LogP contribution in [0.3, 0.4) is 0 Å². The Labute approximate surface area is 124 Å². The van der Waals surface area contributed by atoms with Crippen molar-refractivity contribution in [2.45, 2.75) is 52.7 Å². The molecule has 0 spiro atoms. The highest BCUT2D eigenvalue weighted by Gasteiger charge is 2.11. The van der Waals surface area contributed by atoms with E-state index in [1.807, 2.05) is 0 Å². The average molecular weight is 282 g/mol. The van der Waals surface area contributed by atoms with Crippen LogP contribution in [0.2, 0.25) is 0 Å². The molecule has 0 rings (SSSR count). The van der Waals surface area contributed by atoms with Gasteiger partial charge in [0.05, 0.1) is 6.61 Å². The summed E-state index contributed by atoms with van der Waals surface area (Å²) in [6.07, 6.45) is 9.91. The zero-order valence-electron chi connectivity index (χ0n) is 13.6. The van der Waals surface area contributed by atoms with E-state index in [0.717, 1.165) is 31.3 Å². The quantitative estimate of drug-likeness (QED) is 0.486. The van der Waals surface area contributed by atoms with Gasteiger partial charge in [-0.1, -0.05) is 29.4 Å². The molecule has 0 saturated carbocycles. The maximum Gasteiger partial charge on any atom is 0.179 e. The van der Waals surface area contributed by atoms with Gasteiger partial charge in [-0.15, -0.1) is 0 Å². The summed E-state index contributed by atoms with van der Waals surface area (Å²) in [7, 11) is 3.22. The van der Waals surface area contributed by atoms with Gasteiger partial charge in [0.15, 0.2) is 6.29 Å². The van der Waals surface area contributed by atoms with Crippen LogP contribution in [0, 0.1) is 0 Å². The van der Waals surface area contributed by atoms with E-state index in [2.05, 4.69) is 32.9 Å². The number of allylic oxidation sites excluding steroid dienone is 4. The van der Waals surface area contributed by atoms with E-state index in [4.69, 9.17) is 14.6 Å². The summed E-state index contributed by atoms with van der Waals surface area (Å²) in [4.78, 5) is 0. The van der Waals surface area contributed by atoms with Gasteiger partial charge in [0.1, 0.15) is 0 Å². The average Bonchev–Trinajstić information content (AvgIpc) is 2.39. The molecule has 0 aliphatic carbocycles. The molecule has 0 amide bonds. The molecule has 0 saturated heterocycles. The first-order valence-corrected chi connectivity index (χ1v) is 7.19. The number of methoxy groups -OCH3 is 2. The Morgan fingerprint density at radius 2 is 1.55 bits per heavy atom. The molecule has 0 fully saturated rings. The van der Waals surface area contributed by atoms with Gasteiger partial charge in [-0.3, -0.25) is 0 Å². The van der Waals surface area contributed by atoms with Crippen LogP contribution in [0.25, 0.3) is 0 Å². The minimum atomic E-state index is -0.360. The second-order valence-electron chi connectivity index (χ2n) is 5.17. The highest BCUT2D eigenvalue weighted by Crippen LogP contribution is 2.16. The van der Waals surface area contributed by atoms with Gasteiger partial charge in [0, 0.05) is 14.2 Å². The molecule has 0 aromatic carbocycles. The Balaban J connectivity index is 4.28. The lowest BCUT2D eigenvalue weighted by atomic mass is 10.1. The maximum absolute atomic E-state index is 9.04. The van der Waals surface area contributed by atoms with Crippen molar-refractivity contribution in [3.8, 4) is 0 Å². The second kappa shape index (κ2) is 11.9. The summed E-state index contributed by atoms with van der Waals surface area (Å²) in [6, 6.07) is 0. The summed E-state index contributed by atoms with van der Waals surface area (Å²) in [5.41, 5.74) is 3.76. The Morgan fingerprint density at radius 1 is 0.950 bits per heavy atom. The molecular formula is C17H30O3. The third kappa shape index (κ3) is 9.08. The van der Waals surface area contributed by atoms with Gasteiger partial charge in [-0.2, -0.15) is 0 Å². The molecule has 0 radical (unpaired) electrons. The highest BCUT2D eigenvalue weighted by molar-refractivity contribution is 5.09. The summed E-state index contributed by atoms with van der Waals surface area (Å²) >= 11 is 0. The van der Waals surface area contributed by atoms with Crippen LogP contribution in [-0.4, -0.2) is 32.2 Å². The third-order valence-electron chi connectivity index (χ3n) is 3.10. The summed E-state index contributed by atoms with van der Waals surface area (Å²) < 4.78 is 10.5. The molecule has 0 unspecified atom stereocenters. The summed E-state index contributed by atoms with van der Waals surface area (Å²) in [5, 5.41) is 9.04. The highest BCUT2D eigenvalue weighted by atomic mass is 16.7. The standard InChI is InChI=1S/C17H30O3/c1-14(2)8-6-9-15(3)10-7-11-16(12-13-18)17(19-4)20-5/h8,10,12,17-18H,6-7,9,11,13H2,1-5H3/b15-10+,16-12-. The fraction of sp³-hybridized carbons (Fsp3) is 0.647. The van der Waals surface area contributed by atoms with Crippen molar-refractivity contribution in [1.29, 1.82) is 0 Å². The molecule has 0 aromatic rings. The number of ether oxygens (including phenoxy) is 2. The lowest BCUT2D eigenvalue weighted by Crippen LogP contribution is -2.16. The predicted octanol–water partition coefficient (Wildman–Crippen LogP) is 4.00. The fourth-order valence-electron chi connectivity index (χ4n) is 2.01. The third-order valence-corrected chi connectivity index (χ3v) is 3.10. The molecule has 0 aliphatic rings. The Morgan fingerprint density at radius 3 is 2.05 bits per heavy atom. The van der Waals surface area contributed by atoms with E-state index in [-0.39, 0.29) is 12.9 Å². The predicted molar refractivity (Wildman–Crippen MR) is 84.6 cm³/mol. The Hall–Kier alpha value is -0.900. The van der Waals surface area contributed by atoms with Crippen molar-refractivity contribution in [3.05, 3.63) is 34.9 Å². The zero-order chi connectivity index (χ0) is 15.4. The molecule has 20 heavy (non-hydrogen) atoms. The van der Waals surface area contributed by atoms with Crippen molar-refractivity contribution < 1.29 is 14.6 Å². The van der Waals surface area contributed by atoms with E-state index < -0.39 is 0 Å². The number of aliphatic hydroxyl groups excluding tert-OH is 1. The molecule has 0 heterocycles. The first kappa shape index (κ1) is 19.1. The SMILES string of the molecule is COC(OC)/C(=C\CO)CC/C=C(\C)CCC=C(C)C. The molecule has 116 valence electrons. The van der Waals surface area contributed by atoms with Crippen molar-refractivity contribution in [2.24, 2.45) is 0 Å². The molecule has 0 aliphatic heterocycles.